The molecule has 2 aromatic rings. The summed E-state index contributed by atoms with van der Waals surface area (Å²) in [5.74, 6) is 5.72. The Labute approximate surface area is 134 Å². The predicted octanol–water partition coefficient (Wildman–Crippen LogP) is 3.75. The lowest BCUT2D eigenvalue weighted by Gasteiger charge is -2.16. The Hall–Kier alpha value is -1.17. The number of benzene rings is 1. The molecule has 1 atom stereocenters. The van der Waals surface area contributed by atoms with E-state index in [1.807, 2.05) is 12.1 Å². The molecule has 5 heteroatoms. The Morgan fingerprint density at radius 1 is 1.29 bits per heavy atom. The van der Waals surface area contributed by atoms with Gasteiger partial charge in [-0.15, -0.1) is 0 Å². The number of nitrogens with one attached hydrogen (secondary N) is 1. The molecule has 0 aliphatic rings. The van der Waals surface area contributed by atoms with Crippen molar-refractivity contribution < 1.29 is 0 Å². The molecule has 2 rings (SSSR count). The van der Waals surface area contributed by atoms with Crippen molar-refractivity contribution in [2.45, 2.75) is 45.2 Å². The van der Waals surface area contributed by atoms with Crippen molar-refractivity contribution in [2.75, 3.05) is 0 Å². The van der Waals surface area contributed by atoms with Gasteiger partial charge in [-0.2, -0.15) is 5.10 Å². The van der Waals surface area contributed by atoms with Crippen LogP contribution in [-0.4, -0.2) is 9.78 Å². The summed E-state index contributed by atoms with van der Waals surface area (Å²) in [5, 5.41) is 4.70. The van der Waals surface area contributed by atoms with Crippen LogP contribution in [0.15, 0.2) is 41.0 Å². The second-order valence-corrected chi connectivity index (χ2v) is 6.15. The van der Waals surface area contributed by atoms with Crippen molar-refractivity contribution in [3.63, 3.8) is 0 Å². The summed E-state index contributed by atoms with van der Waals surface area (Å²) >= 11 is 3.50. The minimum absolute atomic E-state index is 0.0625. The first-order valence-electron chi connectivity index (χ1n) is 7.43. The summed E-state index contributed by atoms with van der Waals surface area (Å²) in [7, 11) is 0. The van der Waals surface area contributed by atoms with E-state index in [9.17, 15) is 0 Å². The fourth-order valence-corrected chi connectivity index (χ4v) is 2.97. The Balaban J connectivity index is 2.12. The van der Waals surface area contributed by atoms with Crippen molar-refractivity contribution in [2.24, 2.45) is 5.84 Å². The zero-order chi connectivity index (χ0) is 15.2. The summed E-state index contributed by atoms with van der Waals surface area (Å²) in [6.45, 7) is 4.39. The van der Waals surface area contributed by atoms with Gasteiger partial charge in [-0.25, -0.2) is 0 Å². The number of hydrogen-bond donors (Lipinski definition) is 2. The second-order valence-electron chi connectivity index (χ2n) is 5.24. The highest BCUT2D eigenvalue weighted by molar-refractivity contribution is 9.10. The van der Waals surface area contributed by atoms with E-state index in [-0.39, 0.29) is 6.04 Å². The number of hydrogen-bond acceptors (Lipinski definition) is 3. The van der Waals surface area contributed by atoms with E-state index >= 15 is 0 Å². The van der Waals surface area contributed by atoms with Crippen LogP contribution in [0.25, 0.3) is 0 Å². The molecular weight excluding hydrogens is 328 g/mol. The van der Waals surface area contributed by atoms with E-state index in [1.54, 1.807) is 0 Å². The highest BCUT2D eigenvalue weighted by Gasteiger charge is 2.14. The first-order valence-corrected chi connectivity index (χ1v) is 8.22. The van der Waals surface area contributed by atoms with E-state index in [1.165, 1.54) is 0 Å². The minimum atomic E-state index is 0.0625. The zero-order valence-electron chi connectivity index (χ0n) is 12.6. The molecule has 1 aromatic heterocycles. The highest BCUT2D eigenvalue weighted by Crippen LogP contribution is 2.21. The Bertz CT molecular complexity index is 563. The summed E-state index contributed by atoms with van der Waals surface area (Å²) in [6.07, 6.45) is 5.05. The highest BCUT2D eigenvalue weighted by atomic mass is 79.9. The molecule has 0 saturated heterocycles. The van der Waals surface area contributed by atoms with Crippen molar-refractivity contribution in [1.29, 1.82) is 0 Å². The molecule has 114 valence electrons. The first kappa shape index (κ1) is 16.2. The minimum Gasteiger partial charge on any atom is -0.271 e. The van der Waals surface area contributed by atoms with Crippen LogP contribution in [0.1, 0.15) is 50.0 Å². The summed E-state index contributed by atoms with van der Waals surface area (Å²) in [6, 6.07) is 10.8. The number of aromatic nitrogens is 2. The van der Waals surface area contributed by atoms with Gasteiger partial charge in [0, 0.05) is 17.1 Å². The topological polar surface area (TPSA) is 55.9 Å². The average Bonchev–Trinajstić information content (AvgIpc) is 2.94. The van der Waals surface area contributed by atoms with Crippen molar-refractivity contribution in [1.82, 2.24) is 15.2 Å². The SMILES string of the molecule is CCC(CC)n1ccc(CC(NN)c2cccc(Br)c2)n1. The van der Waals surface area contributed by atoms with Crippen LogP contribution in [0.4, 0.5) is 0 Å². The second kappa shape index (κ2) is 7.73. The van der Waals surface area contributed by atoms with Crippen molar-refractivity contribution in [3.8, 4) is 0 Å². The van der Waals surface area contributed by atoms with Crippen LogP contribution in [0.5, 0.6) is 0 Å². The van der Waals surface area contributed by atoms with Crippen molar-refractivity contribution in [3.05, 3.63) is 52.3 Å². The molecule has 3 N–H and O–H groups in total. The maximum atomic E-state index is 5.72. The average molecular weight is 351 g/mol. The molecule has 0 amide bonds. The van der Waals surface area contributed by atoms with Gasteiger partial charge in [0.2, 0.25) is 0 Å². The number of hydrazine groups is 1. The normalized spacial score (nSPS) is 12.8. The molecule has 4 nitrogen and oxygen atoms in total. The van der Waals surface area contributed by atoms with Gasteiger partial charge in [0.05, 0.1) is 17.8 Å². The fraction of sp³-hybridized carbons (Fsp3) is 0.438. The number of nitrogens with two attached hydrogens (primary N) is 1. The smallest absolute Gasteiger partial charge is 0.0644 e. The third-order valence-electron chi connectivity index (χ3n) is 3.85. The van der Waals surface area contributed by atoms with Crippen LogP contribution in [0.3, 0.4) is 0 Å². The predicted molar refractivity (Wildman–Crippen MR) is 89.8 cm³/mol. The molecule has 0 radical (unpaired) electrons. The van der Waals surface area contributed by atoms with Gasteiger partial charge in [0.1, 0.15) is 0 Å². The Morgan fingerprint density at radius 2 is 2.05 bits per heavy atom. The van der Waals surface area contributed by atoms with Crippen LogP contribution in [0, 0.1) is 0 Å². The van der Waals surface area contributed by atoms with E-state index in [2.05, 4.69) is 64.3 Å². The van der Waals surface area contributed by atoms with Crippen molar-refractivity contribution >= 4 is 15.9 Å². The van der Waals surface area contributed by atoms with Gasteiger partial charge in [-0.1, -0.05) is 41.9 Å². The zero-order valence-corrected chi connectivity index (χ0v) is 14.2. The van der Waals surface area contributed by atoms with Gasteiger partial charge < -0.3 is 0 Å². The summed E-state index contributed by atoms with van der Waals surface area (Å²) in [4.78, 5) is 0. The number of nitrogens with zero attached hydrogens (tertiary/aromatic N) is 2. The molecule has 0 aliphatic heterocycles. The van der Waals surface area contributed by atoms with Gasteiger partial charge in [-0.05, 0) is 36.6 Å². The molecule has 0 fully saturated rings. The third kappa shape index (κ3) is 4.15. The van der Waals surface area contributed by atoms with Crippen LogP contribution < -0.4 is 11.3 Å². The molecule has 0 saturated carbocycles. The monoisotopic (exact) mass is 350 g/mol. The lowest BCUT2D eigenvalue weighted by Crippen LogP contribution is -2.29. The largest absolute Gasteiger partial charge is 0.271 e. The molecule has 21 heavy (non-hydrogen) atoms. The third-order valence-corrected chi connectivity index (χ3v) is 4.34. The molecule has 1 unspecified atom stereocenters. The van der Waals surface area contributed by atoms with E-state index in [0.29, 0.717) is 6.04 Å². The van der Waals surface area contributed by atoms with Crippen LogP contribution in [0.2, 0.25) is 0 Å². The van der Waals surface area contributed by atoms with Gasteiger partial charge in [-0.3, -0.25) is 16.0 Å². The maximum absolute atomic E-state index is 5.72. The molecule has 0 aliphatic carbocycles. The molecule has 0 spiro atoms. The lowest BCUT2D eigenvalue weighted by atomic mass is 10.0. The quantitative estimate of drug-likeness (QED) is 0.590. The van der Waals surface area contributed by atoms with E-state index in [4.69, 9.17) is 10.9 Å². The van der Waals surface area contributed by atoms with Gasteiger partial charge in [0.15, 0.2) is 0 Å². The molecule has 0 bridgehead atoms. The maximum Gasteiger partial charge on any atom is 0.0644 e. The summed E-state index contributed by atoms with van der Waals surface area (Å²) in [5.41, 5.74) is 5.11. The molecule has 1 aromatic carbocycles. The number of rotatable bonds is 7. The van der Waals surface area contributed by atoms with Gasteiger partial charge >= 0.3 is 0 Å². The standard InChI is InChI=1S/C16H23BrN4/c1-3-15(4-2)21-9-8-14(20-21)11-16(19-18)12-6-5-7-13(17)10-12/h5-10,15-16,19H,3-4,11,18H2,1-2H3. The molecular formula is C16H23BrN4. The lowest BCUT2D eigenvalue weighted by molar-refractivity contribution is 0.422. The van der Waals surface area contributed by atoms with E-state index in [0.717, 1.165) is 35.0 Å². The summed E-state index contributed by atoms with van der Waals surface area (Å²) < 4.78 is 3.13. The fourth-order valence-electron chi connectivity index (χ4n) is 2.56. The van der Waals surface area contributed by atoms with E-state index < -0.39 is 0 Å². The van der Waals surface area contributed by atoms with Crippen LogP contribution >= 0.6 is 15.9 Å². The Kier molecular flexibility index (Phi) is 5.96. The van der Waals surface area contributed by atoms with Gasteiger partial charge in [0.25, 0.3) is 0 Å². The van der Waals surface area contributed by atoms with Crippen LogP contribution in [-0.2, 0) is 6.42 Å². The number of halogens is 1. The molecule has 1 heterocycles. The Morgan fingerprint density at radius 3 is 2.67 bits per heavy atom. The first-order chi connectivity index (χ1) is 10.2.